The van der Waals surface area contributed by atoms with Gasteiger partial charge in [-0.1, -0.05) is 45.6 Å². The molecule has 2 nitrogen and oxygen atoms in total. The standard InChI is InChI=1S/C15H26N2/c1-3-5-8-13(4-2)11-14(16)12-15-9-6-7-10-17-15/h6-7,9-10,13-14H,3-5,8,11-12,16H2,1-2H3. The summed E-state index contributed by atoms with van der Waals surface area (Å²) in [5.74, 6) is 0.786. The summed E-state index contributed by atoms with van der Waals surface area (Å²) in [6, 6.07) is 6.30. The van der Waals surface area contributed by atoms with Gasteiger partial charge in [-0.2, -0.15) is 0 Å². The van der Waals surface area contributed by atoms with E-state index in [1.54, 1.807) is 0 Å². The van der Waals surface area contributed by atoms with Crippen LogP contribution in [0.5, 0.6) is 0 Å². The first kappa shape index (κ1) is 14.2. The van der Waals surface area contributed by atoms with Gasteiger partial charge in [0, 0.05) is 24.4 Å². The molecule has 0 radical (unpaired) electrons. The van der Waals surface area contributed by atoms with Gasteiger partial charge >= 0.3 is 0 Å². The van der Waals surface area contributed by atoms with E-state index in [2.05, 4.69) is 24.9 Å². The maximum Gasteiger partial charge on any atom is 0.0419 e. The quantitative estimate of drug-likeness (QED) is 0.747. The molecule has 96 valence electrons. The van der Waals surface area contributed by atoms with Gasteiger partial charge in [-0.15, -0.1) is 0 Å². The highest BCUT2D eigenvalue weighted by molar-refractivity contribution is 5.05. The number of hydrogen-bond donors (Lipinski definition) is 1. The highest BCUT2D eigenvalue weighted by Crippen LogP contribution is 2.19. The van der Waals surface area contributed by atoms with Crippen molar-refractivity contribution in [3.63, 3.8) is 0 Å². The van der Waals surface area contributed by atoms with Crippen molar-refractivity contribution in [3.8, 4) is 0 Å². The molecule has 1 aromatic rings. The fraction of sp³-hybridized carbons (Fsp3) is 0.667. The smallest absolute Gasteiger partial charge is 0.0419 e. The predicted octanol–water partition coefficient (Wildman–Crippen LogP) is 3.56. The van der Waals surface area contributed by atoms with Gasteiger partial charge in [0.25, 0.3) is 0 Å². The molecule has 1 heterocycles. The molecule has 17 heavy (non-hydrogen) atoms. The van der Waals surface area contributed by atoms with Crippen molar-refractivity contribution in [3.05, 3.63) is 30.1 Å². The molecule has 2 unspecified atom stereocenters. The van der Waals surface area contributed by atoms with Crippen LogP contribution in [0.4, 0.5) is 0 Å². The number of nitrogens with two attached hydrogens (primary N) is 1. The van der Waals surface area contributed by atoms with E-state index in [1.165, 1.54) is 25.7 Å². The van der Waals surface area contributed by atoms with Crippen LogP contribution in [0.2, 0.25) is 0 Å². The number of unbranched alkanes of at least 4 members (excludes halogenated alkanes) is 1. The van der Waals surface area contributed by atoms with Gasteiger partial charge in [0.2, 0.25) is 0 Å². The largest absolute Gasteiger partial charge is 0.327 e. The lowest BCUT2D eigenvalue weighted by molar-refractivity contribution is 0.382. The van der Waals surface area contributed by atoms with Crippen LogP contribution in [0.15, 0.2) is 24.4 Å². The number of pyridine rings is 1. The monoisotopic (exact) mass is 234 g/mol. The van der Waals surface area contributed by atoms with Crippen molar-refractivity contribution in [2.24, 2.45) is 11.7 Å². The minimum Gasteiger partial charge on any atom is -0.327 e. The van der Waals surface area contributed by atoms with Crippen LogP contribution in [0, 0.1) is 5.92 Å². The van der Waals surface area contributed by atoms with Crippen molar-refractivity contribution in [2.75, 3.05) is 0 Å². The van der Waals surface area contributed by atoms with E-state index in [4.69, 9.17) is 5.73 Å². The van der Waals surface area contributed by atoms with Gasteiger partial charge in [-0.3, -0.25) is 4.98 Å². The van der Waals surface area contributed by atoms with Gasteiger partial charge in [-0.05, 0) is 24.5 Å². The summed E-state index contributed by atoms with van der Waals surface area (Å²) in [7, 11) is 0. The van der Waals surface area contributed by atoms with Crippen LogP contribution in [0.3, 0.4) is 0 Å². The summed E-state index contributed by atoms with van der Waals surface area (Å²) >= 11 is 0. The van der Waals surface area contributed by atoms with Crippen LogP contribution >= 0.6 is 0 Å². The Morgan fingerprint density at radius 1 is 1.29 bits per heavy atom. The van der Waals surface area contributed by atoms with E-state index in [9.17, 15) is 0 Å². The summed E-state index contributed by atoms with van der Waals surface area (Å²) in [6.45, 7) is 4.52. The second-order valence-corrected chi connectivity index (χ2v) is 4.94. The molecular formula is C15H26N2. The lowest BCUT2D eigenvalue weighted by Crippen LogP contribution is -2.26. The topological polar surface area (TPSA) is 38.9 Å². The summed E-state index contributed by atoms with van der Waals surface area (Å²) in [5, 5.41) is 0. The maximum atomic E-state index is 6.21. The fourth-order valence-electron chi connectivity index (χ4n) is 2.28. The van der Waals surface area contributed by atoms with E-state index in [-0.39, 0.29) is 6.04 Å². The lowest BCUT2D eigenvalue weighted by atomic mass is 9.91. The SMILES string of the molecule is CCCCC(CC)CC(N)Cc1ccccn1. The predicted molar refractivity (Wildman–Crippen MR) is 73.8 cm³/mol. The number of hydrogen-bond acceptors (Lipinski definition) is 2. The Balaban J connectivity index is 2.34. The summed E-state index contributed by atoms with van der Waals surface area (Å²) in [6.07, 6.45) is 9.06. The van der Waals surface area contributed by atoms with Gasteiger partial charge < -0.3 is 5.73 Å². The van der Waals surface area contributed by atoms with E-state index in [1.807, 2.05) is 18.3 Å². The normalized spacial score (nSPS) is 14.5. The average molecular weight is 234 g/mol. The summed E-state index contributed by atoms with van der Waals surface area (Å²) in [4.78, 5) is 4.33. The molecule has 0 aliphatic heterocycles. The van der Waals surface area contributed by atoms with Gasteiger partial charge in [0.1, 0.15) is 0 Å². The third-order valence-corrected chi connectivity index (χ3v) is 3.38. The zero-order valence-electron chi connectivity index (χ0n) is 11.2. The van der Waals surface area contributed by atoms with Crippen molar-refractivity contribution in [1.29, 1.82) is 0 Å². The van der Waals surface area contributed by atoms with Crippen LogP contribution in [-0.2, 0) is 6.42 Å². The number of nitrogens with zero attached hydrogens (tertiary/aromatic N) is 1. The molecule has 0 aromatic carbocycles. The first-order valence-electron chi connectivity index (χ1n) is 6.91. The van der Waals surface area contributed by atoms with Crippen molar-refractivity contribution < 1.29 is 0 Å². The molecule has 1 rings (SSSR count). The Morgan fingerprint density at radius 2 is 2.12 bits per heavy atom. The minimum absolute atomic E-state index is 0.256. The van der Waals surface area contributed by atoms with Crippen LogP contribution in [0.25, 0.3) is 0 Å². The molecule has 0 saturated heterocycles. The Kier molecular flexibility index (Phi) is 6.87. The van der Waals surface area contributed by atoms with Gasteiger partial charge in [0.05, 0.1) is 0 Å². The molecule has 2 atom stereocenters. The summed E-state index contributed by atoms with van der Waals surface area (Å²) in [5.41, 5.74) is 7.33. The van der Waals surface area contributed by atoms with Crippen molar-refractivity contribution in [2.45, 2.75) is 58.4 Å². The summed E-state index contributed by atoms with van der Waals surface area (Å²) < 4.78 is 0. The van der Waals surface area contributed by atoms with Crippen molar-refractivity contribution >= 4 is 0 Å². The Morgan fingerprint density at radius 3 is 2.71 bits per heavy atom. The molecule has 2 heteroatoms. The average Bonchev–Trinajstić information content (AvgIpc) is 2.35. The first-order valence-corrected chi connectivity index (χ1v) is 6.91. The Bertz CT molecular complexity index is 284. The minimum atomic E-state index is 0.256. The molecule has 0 aliphatic rings. The van der Waals surface area contributed by atoms with Crippen molar-refractivity contribution in [1.82, 2.24) is 4.98 Å². The maximum absolute atomic E-state index is 6.21. The molecular weight excluding hydrogens is 208 g/mol. The van der Waals surface area contributed by atoms with Crippen LogP contribution in [-0.4, -0.2) is 11.0 Å². The highest BCUT2D eigenvalue weighted by atomic mass is 14.7. The third kappa shape index (κ3) is 5.83. The zero-order valence-corrected chi connectivity index (χ0v) is 11.2. The van der Waals surface area contributed by atoms with Crippen LogP contribution < -0.4 is 5.73 Å². The molecule has 1 aromatic heterocycles. The number of rotatable bonds is 8. The first-order chi connectivity index (χ1) is 8.26. The second kappa shape index (κ2) is 8.24. The molecule has 0 bridgehead atoms. The third-order valence-electron chi connectivity index (χ3n) is 3.38. The Labute approximate surface area is 106 Å². The molecule has 2 N–H and O–H groups in total. The second-order valence-electron chi connectivity index (χ2n) is 4.94. The van der Waals surface area contributed by atoms with E-state index < -0.39 is 0 Å². The number of aromatic nitrogens is 1. The Hall–Kier alpha value is -0.890. The van der Waals surface area contributed by atoms with E-state index >= 15 is 0 Å². The zero-order chi connectivity index (χ0) is 12.5. The molecule has 0 spiro atoms. The van der Waals surface area contributed by atoms with Gasteiger partial charge in [-0.25, -0.2) is 0 Å². The van der Waals surface area contributed by atoms with Gasteiger partial charge in [0.15, 0.2) is 0 Å². The van der Waals surface area contributed by atoms with Crippen LogP contribution in [0.1, 0.15) is 51.6 Å². The van der Waals surface area contributed by atoms with E-state index in [0.717, 1.165) is 24.5 Å². The lowest BCUT2D eigenvalue weighted by Gasteiger charge is -2.19. The molecule has 0 amide bonds. The highest BCUT2D eigenvalue weighted by Gasteiger charge is 2.12. The molecule has 0 fully saturated rings. The molecule has 0 aliphatic carbocycles. The van der Waals surface area contributed by atoms with E-state index in [0.29, 0.717) is 0 Å². The molecule has 0 saturated carbocycles. The fourth-order valence-corrected chi connectivity index (χ4v) is 2.28.